The lowest BCUT2D eigenvalue weighted by atomic mass is 10.3. The number of H-pyrrole nitrogens is 1. The highest BCUT2D eigenvalue weighted by Gasteiger charge is 2.30. The monoisotopic (exact) mass is 261 g/mol. The molecule has 0 bridgehead atoms. The summed E-state index contributed by atoms with van der Waals surface area (Å²) in [4.78, 5) is 0. The highest BCUT2D eigenvalue weighted by atomic mass is 32.2. The van der Waals surface area contributed by atoms with Crippen molar-refractivity contribution in [3.05, 3.63) is 11.8 Å². The first-order chi connectivity index (χ1) is 7.98. The lowest BCUT2D eigenvalue weighted by Crippen LogP contribution is -2.38. The van der Waals surface area contributed by atoms with Crippen molar-refractivity contribution in [1.82, 2.24) is 14.5 Å². The molecule has 1 rings (SSSR count). The Balaban J connectivity index is 3.17. The van der Waals surface area contributed by atoms with Crippen molar-refractivity contribution >= 4 is 10.0 Å². The van der Waals surface area contributed by atoms with Gasteiger partial charge in [0.1, 0.15) is 0 Å². The summed E-state index contributed by atoms with van der Waals surface area (Å²) in [6.07, 6.45) is 2.06. The number of nitrogens with zero attached hydrogens (tertiary/aromatic N) is 2. The molecular formula is C10H19N3O3S. The summed E-state index contributed by atoms with van der Waals surface area (Å²) >= 11 is 0. The molecule has 0 aliphatic rings. The Hall–Kier alpha value is -0.920. The van der Waals surface area contributed by atoms with Crippen LogP contribution < -0.4 is 0 Å². The molecule has 0 radical (unpaired) electrons. The molecule has 0 aliphatic heterocycles. The molecular weight excluding hydrogens is 242 g/mol. The summed E-state index contributed by atoms with van der Waals surface area (Å²) in [6, 6.07) is -0.0835. The molecule has 0 saturated carbocycles. The van der Waals surface area contributed by atoms with Gasteiger partial charge in [-0.05, 0) is 13.3 Å². The summed E-state index contributed by atoms with van der Waals surface area (Å²) in [5.74, 6) is 0. The third-order valence-corrected chi connectivity index (χ3v) is 4.91. The third kappa shape index (κ3) is 2.67. The molecule has 17 heavy (non-hydrogen) atoms. The fourth-order valence-corrected chi connectivity index (χ4v) is 3.49. The van der Waals surface area contributed by atoms with Crippen LogP contribution in [0.25, 0.3) is 0 Å². The van der Waals surface area contributed by atoms with Gasteiger partial charge in [0, 0.05) is 18.2 Å². The Kier molecular flexibility index (Phi) is 4.67. The topological polar surface area (TPSA) is 86.3 Å². The maximum absolute atomic E-state index is 12.3. The number of nitrogens with one attached hydrogen (secondary N) is 1. The largest absolute Gasteiger partial charge is 0.392 e. The van der Waals surface area contributed by atoms with Crippen molar-refractivity contribution in [2.24, 2.45) is 0 Å². The summed E-state index contributed by atoms with van der Waals surface area (Å²) < 4.78 is 26.1. The standard InChI is InChI=1S/C10H19N3O3S/c1-4-8(3)13(5-2)17(15,16)10-9(7-14)6-11-12-10/h6,8,14H,4-5,7H2,1-3H3,(H,11,12). The molecule has 0 spiro atoms. The van der Waals surface area contributed by atoms with Crippen LogP contribution >= 0.6 is 0 Å². The minimum atomic E-state index is -3.61. The van der Waals surface area contributed by atoms with E-state index in [1.807, 2.05) is 13.8 Å². The average molecular weight is 261 g/mol. The number of aromatic amines is 1. The van der Waals surface area contributed by atoms with Crippen LogP contribution in [0.1, 0.15) is 32.8 Å². The molecule has 0 aliphatic carbocycles. The number of rotatable bonds is 6. The SMILES string of the molecule is CCC(C)N(CC)S(=O)(=O)c1[nH]ncc1CO. The molecule has 1 aromatic heterocycles. The van der Waals surface area contributed by atoms with Crippen molar-refractivity contribution in [2.45, 2.75) is 44.9 Å². The summed E-state index contributed by atoms with van der Waals surface area (Å²) in [6.45, 7) is 5.63. The second kappa shape index (κ2) is 5.61. The van der Waals surface area contributed by atoms with Gasteiger partial charge in [-0.1, -0.05) is 13.8 Å². The molecule has 2 N–H and O–H groups in total. The lowest BCUT2D eigenvalue weighted by Gasteiger charge is -2.25. The van der Waals surface area contributed by atoms with E-state index in [2.05, 4.69) is 10.2 Å². The fourth-order valence-electron chi connectivity index (χ4n) is 1.67. The normalized spacial score (nSPS) is 14.2. The number of aromatic nitrogens is 2. The van der Waals surface area contributed by atoms with Gasteiger partial charge in [0.2, 0.25) is 0 Å². The molecule has 7 heteroatoms. The van der Waals surface area contributed by atoms with Gasteiger partial charge >= 0.3 is 0 Å². The fraction of sp³-hybridized carbons (Fsp3) is 0.700. The van der Waals surface area contributed by atoms with Crippen LogP contribution in [0, 0.1) is 0 Å². The van der Waals surface area contributed by atoms with E-state index in [9.17, 15) is 8.42 Å². The van der Waals surface area contributed by atoms with Gasteiger partial charge in [-0.25, -0.2) is 8.42 Å². The highest BCUT2D eigenvalue weighted by molar-refractivity contribution is 7.89. The average Bonchev–Trinajstić information content (AvgIpc) is 2.78. The van der Waals surface area contributed by atoms with Crippen molar-refractivity contribution < 1.29 is 13.5 Å². The van der Waals surface area contributed by atoms with Gasteiger partial charge in [-0.3, -0.25) is 5.10 Å². The van der Waals surface area contributed by atoms with Crippen LogP contribution in [-0.4, -0.2) is 40.6 Å². The Bertz CT molecular complexity index is 455. The van der Waals surface area contributed by atoms with E-state index in [4.69, 9.17) is 5.11 Å². The lowest BCUT2D eigenvalue weighted by molar-refractivity contribution is 0.277. The molecule has 1 heterocycles. The first-order valence-corrected chi connectivity index (χ1v) is 7.07. The quantitative estimate of drug-likeness (QED) is 0.789. The minimum absolute atomic E-state index is 0.0119. The number of sulfonamides is 1. The van der Waals surface area contributed by atoms with E-state index in [-0.39, 0.29) is 17.7 Å². The van der Waals surface area contributed by atoms with Gasteiger partial charge in [0.05, 0.1) is 12.8 Å². The summed E-state index contributed by atoms with van der Waals surface area (Å²) in [7, 11) is -3.61. The first kappa shape index (κ1) is 14.1. The number of aliphatic hydroxyl groups excluding tert-OH is 1. The van der Waals surface area contributed by atoms with Gasteiger partial charge < -0.3 is 5.11 Å². The molecule has 0 aromatic carbocycles. The van der Waals surface area contributed by atoms with Crippen molar-refractivity contribution in [2.75, 3.05) is 6.54 Å². The van der Waals surface area contributed by atoms with E-state index in [0.717, 1.165) is 6.42 Å². The summed E-state index contributed by atoms with van der Waals surface area (Å²) in [5.41, 5.74) is 0.298. The molecule has 0 amide bonds. The Morgan fingerprint density at radius 2 is 2.18 bits per heavy atom. The van der Waals surface area contributed by atoms with E-state index in [0.29, 0.717) is 12.1 Å². The van der Waals surface area contributed by atoms with Crippen LogP contribution in [-0.2, 0) is 16.6 Å². The van der Waals surface area contributed by atoms with Gasteiger partial charge in [0.25, 0.3) is 10.0 Å². The van der Waals surface area contributed by atoms with Crippen LogP contribution in [0.3, 0.4) is 0 Å². The number of hydrogen-bond donors (Lipinski definition) is 2. The van der Waals surface area contributed by atoms with E-state index in [1.54, 1.807) is 6.92 Å². The number of aliphatic hydroxyl groups is 1. The van der Waals surface area contributed by atoms with Crippen LogP contribution in [0.2, 0.25) is 0 Å². The van der Waals surface area contributed by atoms with E-state index >= 15 is 0 Å². The maximum Gasteiger partial charge on any atom is 0.260 e. The minimum Gasteiger partial charge on any atom is -0.392 e. The molecule has 6 nitrogen and oxygen atoms in total. The second-order valence-electron chi connectivity index (χ2n) is 3.85. The smallest absolute Gasteiger partial charge is 0.260 e. The van der Waals surface area contributed by atoms with Gasteiger partial charge in [-0.2, -0.15) is 9.40 Å². The van der Waals surface area contributed by atoms with E-state index in [1.165, 1.54) is 10.5 Å². The van der Waals surface area contributed by atoms with Crippen LogP contribution in [0.5, 0.6) is 0 Å². The van der Waals surface area contributed by atoms with Gasteiger partial charge in [0.15, 0.2) is 5.03 Å². The Morgan fingerprint density at radius 1 is 1.53 bits per heavy atom. The maximum atomic E-state index is 12.3. The second-order valence-corrected chi connectivity index (χ2v) is 5.68. The molecule has 0 saturated heterocycles. The third-order valence-electron chi connectivity index (χ3n) is 2.81. The van der Waals surface area contributed by atoms with Crippen LogP contribution in [0.4, 0.5) is 0 Å². The predicted molar refractivity (Wildman–Crippen MR) is 63.8 cm³/mol. The molecule has 0 fully saturated rings. The molecule has 98 valence electrons. The van der Waals surface area contributed by atoms with Gasteiger partial charge in [-0.15, -0.1) is 0 Å². The van der Waals surface area contributed by atoms with Crippen molar-refractivity contribution in [3.63, 3.8) is 0 Å². The molecule has 1 atom stereocenters. The number of hydrogen-bond acceptors (Lipinski definition) is 4. The highest BCUT2D eigenvalue weighted by Crippen LogP contribution is 2.20. The predicted octanol–water partition coefficient (Wildman–Crippen LogP) is 0.711. The van der Waals surface area contributed by atoms with Crippen molar-refractivity contribution in [1.29, 1.82) is 0 Å². The zero-order chi connectivity index (χ0) is 13.1. The Morgan fingerprint density at radius 3 is 2.65 bits per heavy atom. The summed E-state index contributed by atoms with van der Waals surface area (Å²) in [5, 5.41) is 15.2. The Labute approximate surface area is 102 Å². The van der Waals surface area contributed by atoms with E-state index < -0.39 is 10.0 Å². The van der Waals surface area contributed by atoms with Crippen LogP contribution in [0.15, 0.2) is 11.2 Å². The van der Waals surface area contributed by atoms with Crippen molar-refractivity contribution in [3.8, 4) is 0 Å². The molecule has 1 unspecified atom stereocenters. The molecule has 1 aromatic rings. The first-order valence-electron chi connectivity index (χ1n) is 5.63. The zero-order valence-corrected chi connectivity index (χ0v) is 11.2. The zero-order valence-electron chi connectivity index (χ0n) is 10.3.